The van der Waals surface area contributed by atoms with Gasteiger partial charge in [0, 0.05) is 12.2 Å². The number of carbonyl (C=O) groups is 1. The number of hydrogen-bond acceptors (Lipinski definition) is 3. The van der Waals surface area contributed by atoms with E-state index in [2.05, 4.69) is 5.32 Å². The lowest BCUT2D eigenvalue weighted by molar-refractivity contribution is -0.137. The first-order chi connectivity index (χ1) is 12.4. The summed E-state index contributed by atoms with van der Waals surface area (Å²) in [6, 6.07) is 10.9. The summed E-state index contributed by atoms with van der Waals surface area (Å²) in [5.74, 6) is 0.0740. The second-order valence-corrected chi connectivity index (χ2v) is 6.04. The van der Waals surface area contributed by atoms with Crippen molar-refractivity contribution < 1.29 is 27.4 Å². The topological polar surface area (TPSA) is 47.6 Å². The Hall–Kier alpha value is -2.54. The molecule has 2 aromatic rings. The minimum Gasteiger partial charge on any atom is -0.457 e. The van der Waals surface area contributed by atoms with Crippen LogP contribution < -0.4 is 10.1 Å². The first-order valence-corrected chi connectivity index (χ1v) is 8.25. The van der Waals surface area contributed by atoms with E-state index >= 15 is 0 Å². The van der Waals surface area contributed by atoms with Crippen LogP contribution in [0.2, 0.25) is 0 Å². The number of hydrogen-bond donors (Lipinski definition) is 1. The average molecular weight is 365 g/mol. The zero-order valence-electron chi connectivity index (χ0n) is 13.9. The predicted octanol–water partition coefficient (Wildman–Crippen LogP) is 4.41. The molecule has 26 heavy (non-hydrogen) atoms. The molecule has 1 aliphatic rings. The highest BCUT2D eigenvalue weighted by atomic mass is 19.4. The maximum Gasteiger partial charge on any atom is 0.416 e. The van der Waals surface area contributed by atoms with E-state index in [0.29, 0.717) is 18.8 Å². The summed E-state index contributed by atoms with van der Waals surface area (Å²) in [6.45, 7) is 1.18. The fourth-order valence-electron chi connectivity index (χ4n) is 2.70. The lowest BCUT2D eigenvalue weighted by Gasteiger charge is -2.23. The maximum absolute atomic E-state index is 12.8. The number of halogens is 3. The molecule has 4 nitrogen and oxygen atoms in total. The van der Waals surface area contributed by atoms with Crippen molar-refractivity contribution in [1.29, 1.82) is 0 Å². The second kappa shape index (κ2) is 7.78. The Morgan fingerprint density at radius 1 is 1.12 bits per heavy atom. The number of benzene rings is 2. The van der Waals surface area contributed by atoms with Gasteiger partial charge in [-0.2, -0.15) is 13.2 Å². The summed E-state index contributed by atoms with van der Waals surface area (Å²) in [4.78, 5) is 12.3. The van der Waals surface area contributed by atoms with Gasteiger partial charge in [0.15, 0.2) is 0 Å². The van der Waals surface area contributed by atoms with Crippen molar-refractivity contribution in [3.8, 4) is 11.5 Å². The standard InChI is InChI=1S/C19H18F3NO3/c20-19(21,22)14-5-2-8-17(11-14)26-16-7-1-4-13(10-16)18(24)23-15-6-3-9-25-12-15/h1-2,4-5,7-8,10-11,15H,3,6,9,12H2,(H,23,24). The number of carbonyl (C=O) groups excluding carboxylic acids is 1. The lowest BCUT2D eigenvalue weighted by Crippen LogP contribution is -2.40. The summed E-state index contributed by atoms with van der Waals surface area (Å²) in [5.41, 5.74) is -0.416. The van der Waals surface area contributed by atoms with Gasteiger partial charge in [-0.3, -0.25) is 4.79 Å². The molecule has 1 aliphatic heterocycles. The first kappa shape index (κ1) is 18.3. The van der Waals surface area contributed by atoms with Crippen molar-refractivity contribution in [3.05, 3.63) is 59.7 Å². The van der Waals surface area contributed by atoms with Crippen molar-refractivity contribution >= 4 is 5.91 Å². The normalized spacial score (nSPS) is 17.6. The van der Waals surface area contributed by atoms with Gasteiger partial charge in [-0.1, -0.05) is 12.1 Å². The zero-order valence-corrected chi connectivity index (χ0v) is 13.9. The quantitative estimate of drug-likeness (QED) is 0.873. The van der Waals surface area contributed by atoms with Gasteiger partial charge in [0.2, 0.25) is 0 Å². The second-order valence-electron chi connectivity index (χ2n) is 6.04. The number of ether oxygens (including phenoxy) is 2. The molecule has 1 heterocycles. The third kappa shape index (κ3) is 4.76. The molecule has 0 aromatic heterocycles. The summed E-state index contributed by atoms with van der Waals surface area (Å²) in [7, 11) is 0. The molecule has 1 atom stereocenters. The minimum atomic E-state index is -4.44. The molecule has 0 aliphatic carbocycles. The largest absolute Gasteiger partial charge is 0.457 e. The molecule has 1 N–H and O–H groups in total. The Morgan fingerprint density at radius 3 is 2.54 bits per heavy atom. The number of alkyl halides is 3. The van der Waals surface area contributed by atoms with Gasteiger partial charge in [0.05, 0.1) is 18.2 Å². The fraction of sp³-hybridized carbons (Fsp3) is 0.316. The molecule has 1 fully saturated rings. The molecule has 1 unspecified atom stereocenters. The molecule has 0 bridgehead atoms. The van der Waals surface area contributed by atoms with E-state index in [1.165, 1.54) is 18.2 Å². The van der Waals surface area contributed by atoms with Crippen LogP contribution in [0.25, 0.3) is 0 Å². The van der Waals surface area contributed by atoms with Crippen molar-refractivity contribution in [2.24, 2.45) is 0 Å². The van der Waals surface area contributed by atoms with Gasteiger partial charge in [0.25, 0.3) is 5.91 Å². The van der Waals surface area contributed by atoms with Crippen LogP contribution in [0.15, 0.2) is 48.5 Å². The predicted molar refractivity (Wildman–Crippen MR) is 89.3 cm³/mol. The fourth-order valence-corrected chi connectivity index (χ4v) is 2.70. The van der Waals surface area contributed by atoms with Crippen molar-refractivity contribution in [1.82, 2.24) is 5.32 Å². The summed E-state index contributed by atoms with van der Waals surface area (Å²) >= 11 is 0. The van der Waals surface area contributed by atoms with Gasteiger partial charge in [0.1, 0.15) is 11.5 Å². The Kier molecular flexibility index (Phi) is 5.46. The van der Waals surface area contributed by atoms with Gasteiger partial charge in [-0.25, -0.2) is 0 Å². The first-order valence-electron chi connectivity index (χ1n) is 8.25. The Balaban J connectivity index is 1.70. The number of nitrogens with one attached hydrogen (secondary N) is 1. The van der Waals surface area contributed by atoms with Crippen LogP contribution in [0, 0.1) is 0 Å². The van der Waals surface area contributed by atoms with Crippen LogP contribution in [0.5, 0.6) is 11.5 Å². The van der Waals surface area contributed by atoms with Gasteiger partial charge >= 0.3 is 6.18 Å². The van der Waals surface area contributed by atoms with Crippen molar-refractivity contribution in [2.45, 2.75) is 25.1 Å². The molecule has 138 valence electrons. The minimum absolute atomic E-state index is 0.0377. The van der Waals surface area contributed by atoms with Crippen LogP contribution in [-0.2, 0) is 10.9 Å². The summed E-state index contributed by atoms with van der Waals surface area (Å²) in [6.07, 6.45) is -2.70. The molecular formula is C19H18F3NO3. The molecule has 1 amide bonds. The van der Waals surface area contributed by atoms with E-state index < -0.39 is 11.7 Å². The SMILES string of the molecule is O=C(NC1CCCOC1)c1cccc(Oc2cccc(C(F)(F)F)c2)c1. The third-order valence-corrected chi connectivity index (χ3v) is 3.99. The molecule has 7 heteroatoms. The molecular weight excluding hydrogens is 347 g/mol. The van der Waals surface area contributed by atoms with Crippen molar-refractivity contribution in [2.75, 3.05) is 13.2 Å². The van der Waals surface area contributed by atoms with E-state index in [0.717, 1.165) is 25.0 Å². The highest BCUT2D eigenvalue weighted by Crippen LogP contribution is 2.32. The van der Waals surface area contributed by atoms with E-state index in [1.54, 1.807) is 18.2 Å². The monoisotopic (exact) mass is 365 g/mol. The molecule has 0 saturated carbocycles. The van der Waals surface area contributed by atoms with Gasteiger partial charge in [-0.15, -0.1) is 0 Å². The Bertz CT molecular complexity index is 771. The van der Waals surface area contributed by atoms with E-state index in [4.69, 9.17) is 9.47 Å². The highest BCUT2D eigenvalue weighted by molar-refractivity contribution is 5.94. The number of amides is 1. The van der Waals surface area contributed by atoms with Crippen molar-refractivity contribution in [3.63, 3.8) is 0 Å². The van der Waals surface area contributed by atoms with Gasteiger partial charge in [-0.05, 0) is 49.2 Å². The van der Waals surface area contributed by atoms with E-state index in [1.807, 2.05) is 0 Å². The Labute approximate surface area is 148 Å². The lowest BCUT2D eigenvalue weighted by atomic mass is 10.1. The number of rotatable bonds is 4. The van der Waals surface area contributed by atoms with Crippen LogP contribution in [0.1, 0.15) is 28.8 Å². The van der Waals surface area contributed by atoms with Crippen LogP contribution in [0.4, 0.5) is 13.2 Å². The van der Waals surface area contributed by atoms with Crippen LogP contribution >= 0.6 is 0 Å². The molecule has 1 saturated heterocycles. The molecule has 3 rings (SSSR count). The molecule has 0 radical (unpaired) electrons. The summed E-state index contributed by atoms with van der Waals surface area (Å²) in [5, 5.41) is 2.89. The smallest absolute Gasteiger partial charge is 0.416 e. The average Bonchev–Trinajstić information content (AvgIpc) is 2.62. The third-order valence-electron chi connectivity index (χ3n) is 3.99. The highest BCUT2D eigenvalue weighted by Gasteiger charge is 2.30. The maximum atomic E-state index is 12.8. The molecule has 0 spiro atoms. The van der Waals surface area contributed by atoms with E-state index in [-0.39, 0.29) is 23.4 Å². The Morgan fingerprint density at radius 2 is 1.85 bits per heavy atom. The zero-order chi connectivity index (χ0) is 18.6. The van der Waals surface area contributed by atoms with Crippen LogP contribution in [0.3, 0.4) is 0 Å². The molecule has 2 aromatic carbocycles. The van der Waals surface area contributed by atoms with E-state index in [9.17, 15) is 18.0 Å². The summed E-state index contributed by atoms with van der Waals surface area (Å²) < 4.78 is 49.2. The van der Waals surface area contributed by atoms with Crippen LogP contribution in [-0.4, -0.2) is 25.2 Å². The van der Waals surface area contributed by atoms with Gasteiger partial charge < -0.3 is 14.8 Å².